The van der Waals surface area contributed by atoms with Crippen molar-refractivity contribution in [2.24, 2.45) is 0 Å². The first kappa shape index (κ1) is 18.5. The minimum atomic E-state index is -1.65. The summed E-state index contributed by atoms with van der Waals surface area (Å²) < 4.78 is 1.26. The molecule has 3 aromatic rings. The SMILES string of the molecule is O=C1c2ccccc2-c2c1c1ccccc1c(=O)n2C[C@@H](O)[C@@H](O)[C@H](O)CO. The van der Waals surface area contributed by atoms with E-state index in [0.29, 0.717) is 33.2 Å². The lowest BCUT2D eigenvalue weighted by Gasteiger charge is -2.24. The van der Waals surface area contributed by atoms with Gasteiger partial charge in [0.15, 0.2) is 5.78 Å². The molecule has 0 saturated carbocycles. The zero-order chi connectivity index (χ0) is 20.0. The zero-order valence-electron chi connectivity index (χ0n) is 14.8. The summed E-state index contributed by atoms with van der Waals surface area (Å²) in [5, 5.41) is 39.8. The third-order valence-corrected chi connectivity index (χ3v) is 5.18. The van der Waals surface area contributed by atoms with Crippen LogP contribution in [0.5, 0.6) is 0 Å². The highest BCUT2D eigenvalue weighted by Crippen LogP contribution is 2.39. The summed E-state index contributed by atoms with van der Waals surface area (Å²) in [7, 11) is 0. The van der Waals surface area contributed by atoms with E-state index in [1.54, 1.807) is 48.5 Å². The van der Waals surface area contributed by atoms with Crippen LogP contribution in [0.2, 0.25) is 0 Å². The number of benzene rings is 2. The Kier molecular flexibility index (Phi) is 4.60. The average molecular weight is 381 g/mol. The van der Waals surface area contributed by atoms with Crippen molar-refractivity contribution in [3.05, 3.63) is 70.0 Å². The molecule has 0 radical (unpaired) electrons. The monoisotopic (exact) mass is 381 g/mol. The van der Waals surface area contributed by atoms with Gasteiger partial charge < -0.3 is 25.0 Å². The van der Waals surface area contributed by atoms with Crippen LogP contribution < -0.4 is 5.56 Å². The molecule has 1 aromatic heterocycles. The first-order valence-corrected chi connectivity index (χ1v) is 8.90. The number of carbonyl (C=O) groups is 1. The fraction of sp³-hybridized carbons (Fsp3) is 0.238. The fourth-order valence-corrected chi connectivity index (χ4v) is 3.76. The van der Waals surface area contributed by atoms with Crippen molar-refractivity contribution in [2.75, 3.05) is 6.61 Å². The van der Waals surface area contributed by atoms with Crippen LogP contribution in [0.1, 0.15) is 15.9 Å². The molecular formula is C21H19NO6. The van der Waals surface area contributed by atoms with Crippen LogP contribution in [0.15, 0.2) is 53.3 Å². The van der Waals surface area contributed by atoms with Crippen LogP contribution in [0.4, 0.5) is 0 Å². The van der Waals surface area contributed by atoms with E-state index < -0.39 is 30.5 Å². The maximum atomic E-state index is 13.1. The van der Waals surface area contributed by atoms with Crippen molar-refractivity contribution in [1.29, 1.82) is 0 Å². The number of hydrogen-bond donors (Lipinski definition) is 4. The molecule has 7 heteroatoms. The van der Waals surface area contributed by atoms with Crippen molar-refractivity contribution >= 4 is 16.6 Å². The van der Waals surface area contributed by atoms with E-state index in [9.17, 15) is 24.9 Å². The zero-order valence-corrected chi connectivity index (χ0v) is 14.8. The normalized spacial score (nSPS) is 15.9. The molecule has 0 spiro atoms. The van der Waals surface area contributed by atoms with Gasteiger partial charge in [-0.05, 0) is 6.07 Å². The molecule has 2 aromatic carbocycles. The first-order chi connectivity index (χ1) is 13.5. The van der Waals surface area contributed by atoms with Crippen molar-refractivity contribution in [1.82, 2.24) is 4.57 Å². The largest absolute Gasteiger partial charge is 0.394 e. The second-order valence-electron chi connectivity index (χ2n) is 6.87. The van der Waals surface area contributed by atoms with Crippen LogP contribution in [0.25, 0.3) is 22.0 Å². The number of rotatable bonds is 5. The molecule has 1 aliphatic rings. The van der Waals surface area contributed by atoms with Gasteiger partial charge in [-0.2, -0.15) is 0 Å². The number of nitrogens with zero attached hydrogens (tertiary/aromatic N) is 1. The Labute approximate surface area is 159 Å². The lowest BCUT2D eigenvalue weighted by atomic mass is 10.0. The fourth-order valence-electron chi connectivity index (χ4n) is 3.76. The van der Waals surface area contributed by atoms with Crippen LogP contribution in [0.3, 0.4) is 0 Å². The third-order valence-electron chi connectivity index (χ3n) is 5.18. The van der Waals surface area contributed by atoms with E-state index in [1.807, 2.05) is 0 Å². The van der Waals surface area contributed by atoms with E-state index in [4.69, 9.17) is 5.11 Å². The van der Waals surface area contributed by atoms with Crippen LogP contribution in [-0.4, -0.2) is 55.7 Å². The summed E-state index contributed by atoms with van der Waals surface area (Å²) in [5.41, 5.74) is 1.39. The summed E-state index contributed by atoms with van der Waals surface area (Å²) in [6, 6.07) is 13.7. The van der Waals surface area contributed by atoms with Gasteiger partial charge in [0.1, 0.15) is 18.3 Å². The number of aliphatic hydroxyl groups is 4. The average Bonchev–Trinajstić information content (AvgIpc) is 3.02. The van der Waals surface area contributed by atoms with Crippen molar-refractivity contribution < 1.29 is 25.2 Å². The molecule has 0 amide bonds. The van der Waals surface area contributed by atoms with E-state index in [1.165, 1.54) is 4.57 Å². The summed E-state index contributed by atoms with van der Waals surface area (Å²) in [6.45, 7) is -1.07. The molecule has 1 aliphatic carbocycles. The number of hydrogen-bond acceptors (Lipinski definition) is 6. The Bertz CT molecular complexity index is 1140. The lowest BCUT2D eigenvalue weighted by Crippen LogP contribution is -2.43. The van der Waals surface area contributed by atoms with Crippen LogP contribution >= 0.6 is 0 Å². The first-order valence-electron chi connectivity index (χ1n) is 8.90. The molecule has 4 N–H and O–H groups in total. The second kappa shape index (κ2) is 6.96. The molecule has 7 nitrogen and oxygen atoms in total. The molecule has 144 valence electrons. The summed E-state index contributed by atoms with van der Waals surface area (Å²) >= 11 is 0. The summed E-state index contributed by atoms with van der Waals surface area (Å²) in [5.74, 6) is -0.207. The highest BCUT2D eigenvalue weighted by molar-refractivity contribution is 6.26. The van der Waals surface area contributed by atoms with E-state index in [2.05, 4.69) is 0 Å². The van der Waals surface area contributed by atoms with E-state index in [-0.39, 0.29) is 12.3 Å². The second-order valence-corrected chi connectivity index (χ2v) is 6.87. The number of aliphatic hydroxyl groups excluding tert-OH is 4. The molecule has 0 unspecified atom stereocenters. The molecule has 3 atom stereocenters. The lowest BCUT2D eigenvalue weighted by molar-refractivity contribution is -0.0806. The van der Waals surface area contributed by atoms with Crippen molar-refractivity contribution in [2.45, 2.75) is 24.9 Å². The molecule has 4 rings (SSSR count). The van der Waals surface area contributed by atoms with Gasteiger partial charge in [-0.15, -0.1) is 0 Å². The van der Waals surface area contributed by atoms with Gasteiger partial charge >= 0.3 is 0 Å². The maximum Gasteiger partial charge on any atom is 0.259 e. The van der Waals surface area contributed by atoms with Gasteiger partial charge in [0.2, 0.25) is 0 Å². The molecule has 0 fully saturated rings. The Morgan fingerprint density at radius 3 is 2.11 bits per heavy atom. The number of aromatic nitrogens is 1. The molecule has 0 aliphatic heterocycles. The van der Waals surface area contributed by atoms with E-state index in [0.717, 1.165) is 0 Å². The molecule has 0 bridgehead atoms. The Morgan fingerprint density at radius 1 is 0.821 bits per heavy atom. The van der Waals surface area contributed by atoms with Gasteiger partial charge in [0.05, 0.1) is 24.4 Å². The molecule has 28 heavy (non-hydrogen) atoms. The van der Waals surface area contributed by atoms with Gasteiger partial charge in [0, 0.05) is 21.9 Å². The molecular weight excluding hydrogens is 362 g/mol. The van der Waals surface area contributed by atoms with E-state index >= 15 is 0 Å². The minimum absolute atomic E-state index is 0.207. The number of pyridine rings is 1. The summed E-state index contributed by atoms with van der Waals surface area (Å²) in [4.78, 5) is 26.2. The molecule has 1 heterocycles. The van der Waals surface area contributed by atoms with Crippen LogP contribution in [0, 0.1) is 0 Å². The smallest absolute Gasteiger partial charge is 0.259 e. The quantitative estimate of drug-likeness (QED) is 0.394. The Balaban J connectivity index is 1.97. The third kappa shape index (κ3) is 2.68. The highest BCUT2D eigenvalue weighted by atomic mass is 16.4. The van der Waals surface area contributed by atoms with Gasteiger partial charge in [-0.25, -0.2) is 0 Å². The van der Waals surface area contributed by atoms with Gasteiger partial charge in [-0.3, -0.25) is 9.59 Å². The number of carbonyl (C=O) groups excluding carboxylic acids is 1. The standard InChI is InChI=1S/C21H19NO6/c23-10-16(25)20(27)15(24)9-22-18-12-6-2-3-7-13(12)19(26)17(18)11-5-1-4-8-14(11)21(22)28/h1-8,15-16,20,23-25,27H,9-10H2/t15-,16-,20-/m1/s1. The van der Waals surface area contributed by atoms with Gasteiger partial charge in [-0.1, -0.05) is 42.5 Å². The van der Waals surface area contributed by atoms with Crippen molar-refractivity contribution in [3.8, 4) is 11.3 Å². The predicted molar refractivity (Wildman–Crippen MR) is 102 cm³/mol. The van der Waals surface area contributed by atoms with Gasteiger partial charge in [0.25, 0.3) is 5.56 Å². The van der Waals surface area contributed by atoms with Crippen LogP contribution in [-0.2, 0) is 6.54 Å². The number of fused-ring (bicyclic) bond motifs is 5. The van der Waals surface area contributed by atoms with Crippen molar-refractivity contribution in [3.63, 3.8) is 0 Å². The Hall–Kier alpha value is -2.84. The molecule has 0 saturated heterocycles. The summed E-state index contributed by atoms with van der Waals surface area (Å²) in [6.07, 6.45) is -4.72. The maximum absolute atomic E-state index is 13.1. The number of ketones is 1. The highest BCUT2D eigenvalue weighted by Gasteiger charge is 2.34. The Morgan fingerprint density at radius 2 is 1.43 bits per heavy atom. The predicted octanol–water partition coefficient (Wildman–Crippen LogP) is 0.288. The minimum Gasteiger partial charge on any atom is -0.394 e. The topological polar surface area (TPSA) is 120 Å².